The van der Waals surface area contributed by atoms with Crippen LogP contribution in [0.15, 0.2) is 12.4 Å². The average molecular weight is 251 g/mol. The maximum Gasteiger partial charge on any atom is 0.126 e. The van der Waals surface area contributed by atoms with E-state index < -0.39 is 0 Å². The molecule has 0 bridgehead atoms. The van der Waals surface area contributed by atoms with Crippen molar-refractivity contribution >= 4 is 0 Å². The average Bonchev–Trinajstić information content (AvgIpc) is 2.96. The van der Waals surface area contributed by atoms with Crippen molar-refractivity contribution in [3.8, 4) is 0 Å². The molecule has 18 heavy (non-hydrogen) atoms. The minimum Gasteiger partial charge on any atom is -0.378 e. The standard InChI is InChI=1S/C14H25N3O/c1-4-8-17-9-7-16-14(17)13(15-5-2)12-6-10-18-11(12)3/h7,9,11-13,15H,4-6,8,10H2,1-3H3. The maximum atomic E-state index is 5.71. The fourth-order valence-electron chi connectivity index (χ4n) is 2.87. The minimum atomic E-state index is 0.314. The molecule has 0 radical (unpaired) electrons. The zero-order chi connectivity index (χ0) is 13.0. The number of aryl methyl sites for hydroxylation is 1. The van der Waals surface area contributed by atoms with Crippen LogP contribution >= 0.6 is 0 Å². The molecule has 1 aliphatic heterocycles. The summed E-state index contributed by atoms with van der Waals surface area (Å²) in [5, 5.41) is 3.59. The topological polar surface area (TPSA) is 39.1 Å². The van der Waals surface area contributed by atoms with Gasteiger partial charge in [-0.2, -0.15) is 0 Å². The number of aromatic nitrogens is 2. The summed E-state index contributed by atoms with van der Waals surface area (Å²) in [6, 6.07) is 0.314. The molecule has 1 saturated heterocycles. The second kappa shape index (κ2) is 6.34. The molecule has 4 heteroatoms. The maximum absolute atomic E-state index is 5.71. The van der Waals surface area contributed by atoms with Crippen LogP contribution in [0.25, 0.3) is 0 Å². The molecular weight excluding hydrogens is 226 g/mol. The Morgan fingerprint density at radius 1 is 1.56 bits per heavy atom. The monoisotopic (exact) mass is 251 g/mol. The second-order valence-electron chi connectivity index (χ2n) is 5.04. The van der Waals surface area contributed by atoms with Gasteiger partial charge in [-0.1, -0.05) is 13.8 Å². The van der Waals surface area contributed by atoms with E-state index in [9.17, 15) is 0 Å². The fourth-order valence-corrected chi connectivity index (χ4v) is 2.87. The van der Waals surface area contributed by atoms with Crippen molar-refractivity contribution in [3.63, 3.8) is 0 Å². The van der Waals surface area contributed by atoms with Crippen LogP contribution in [0, 0.1) is 5.92 Å². The van der Waals surface area contributed by atoms with Gasteiger partial charge in [-0.25, -0.2) is 4.98 Å². The third kappa shape index (κ3) is 2.75. The zero-order valence-electron chi connectivity index (χ0n) is 11.7. The molecule has 4 nitrogen and oxygen atoms in total. The molecule has 0 saturated carbocycles. The van der Waals surface area contributed by atoms with Gasteiger partial charge in [0.05, 0.1) is 12.1 Å². The van der Waals surface area contributed by atoms with E-state index >= 15 is 0 Å². The number of hydrogen-bond donors (Lipinski definition) is 1. The van der Waals surface area contributed by atoms with Gasteiger partial charge in [-0.3, -0.25) is 0 Å². The number of nitrogens with zero attached hydrogens (tertiary/aromatic N) is 2. The molecule has 0 aliphatic carbocycles. The van der Waals surface area contributed by atoms with Crippen LogP contribution in [0.3, 0.4) is 0 Å². The van der Waals surface area contributed by atoms with E-state index in [1.165, 1.54) is 5.82 Å². The van der Waals surface area contributed by atoms with Crippen LogP contribution in [0.1, 0.15) is 45.5 Å². The molecule has 3 atom stereocenters. The molecule has 0 spiro atoms. The lowest BCUT2D eigenvalue weighted by molar-refractivity contribution is 0.0941. The number of rotatable bonds is 6. The van der Waals surface area contributed by atoms with Crippen LogP contribution in [0.4, 0.5) is 0 Å². The quantitative estimate of drug-likeness (QED) is 0.843. The Kier molecular flexibility index (Phi) is 4.78. The van der Waals surface area contributed by atoms with Crippen molar-refractivity contribution in [1.29, 1.82) is 0 Å². The number of nitrogens with one attached hydrogen (secondary N) is 1. The van der Waals surface area contributed by atoms with Crippen LogP contribution in [-0.4, -0.2) is 28.8 Å². The Morgan fingerprint density at radius 2 is 2.39 bits per heavy atom. The van der Waals surface area contributed by atoms with Gasteiger partial charge in [0.2, 0.25) is 0 Å². The summed E-state index contributed by atoms with van der Waals surface area (Å²) < 4.78 is 7.99. The minimum absolute atomic E-state index is 0.314. The lowest BCUT2D eigenvalue weighted by atomic mass is 9.92. The molecule has 1 aromatic heterocycles. The van der Waals surface area contributed by atoms with Gasteiger partial charge in [0.1, 0.15) is 5.82 Å². The first-order valence-electron chi connectivity index (χ1n) is 7.13. The summed E-state index contributed by atoms with van der Waals surface area (Å²) in [6.45, 7) is 9.41. The molecule has 102 valence electrons. The Morgan fingerprint density at radius 3 is 3.00 bits per heavy atom. The van der Waals surface area contributed by atoms with Crippen molar-refractivity contribution < 1.29 is 4.74 Å². The van der Waals surface area contributed by atoms with Crippen molar-refractivity contribution in [2.75, 3.05) is 13.2 Å². The van der Waals surface area contributed by atoms with E-state index in [0.717, 1.165) is 32.5 Å². The SMILES string of the molecule is CCCn1ccnc1C(NCC)C1CCOC1C. The van der Waals surface area contributed by atoms with Crippen molar-refractivity contribution in [2.24, 2.45) is 5.92 Å². The van der Waals surface area contributed by atoms with E-state index in [1.54, 1.807) is 0 Å². The largest absolute Gasteiger partial charge is 0.378 e. The third-order valence-electron chi connectivity index (χ3n) is 3.78. The predicted octanol–water partition coefficient (Wildman–Crippen LogP) is 2.37. The van der Waals surface area contributed by atoms with Crippen molar-refractivity contribution in [1.82, 2.24) is 14.9 Å². The van der Waals surface area contributed by atoms with E-state index in [1.807, 2.05) is 6.20 Å². The van der Waals surface area contributed by atoms with Gasteiger partial charge in [0.25, 0.3) is 0 Å². The number of hydrogen-bond acceptors (Lipinski definition) is 3. The highest BCUT2D eigenvalue weighted by Gasteiger charge is 2.34. The number of imidazole rings is 1. The highest BCUT2D eigenvalue weighted by Crippen LogP contribution is 2.32. The summed E-state index contributed by atoms with van der Waals surface area (Å²) in [4.78, 5) is 4.58. The van der Waals surface area contributed by atoms with Crippen LogP contribution in [0.5, 0.6) is 0 Å². The fraction of sp³-hybridized carbons (Fsp3) is 0.786. The van der Waals surface area contributed by atoms with Gasteiger partial charge < -0.3 is 14.6 Å². The first-order valence-corrected chi connectivity index (χ1v) is 7.13. The smallest absolute Gasteiger partial charge is 0.126 e. The molecule has 1 aliphatic rings. The van der Waals surface area contributed by atoms with Crippen LogP contribution < -0.4 is 5.32 Å². The summed E-state index contributed by atoms with van der Waals surface area (Å²) in [5.74, 6) is 1.70. The zero-order valence-corrected chi connectivity index (χ0v) is 11.7. The number of ether oxygens (including phenoxy) is 1. The normalized spacial score (nSPS) is 25.5. The molecular formula is C14H25N3O. The predicted molar refractivity (Wildman–Crippen MR) is 72.5 cm³/mol. The Labute approximate surface area is 110 Å². The Balaban J connectivity index is 2.20. The van der Waals surface area contributed by atoms with E-state index in [4.69, 9.17) is 4.74 Å². The third-order valence-corrected chi connectivity index (χ3v) is 3.78. The molecule has 2 rings (SSSR count). The van der Waals surface area contributed by atoms with Gasteiger partial charge in [0.15, 0.2) is 0 Å². The first-order chi connectivity index (χ1) is 8.77. The van der Waals surface area contributed by atoms with Gasteiger partial charge in [-0.15, -0.1) is 0 Å². The molecule has 0 amide bonds. The van der Waals surface area contributed by atoms with E-state index in [2.05, 4.69) is 41.8 Å². The van der Waals surface area contributed by atoms with Crippen molar-refractivity contribution in [2.45, 2.75) is 52.3 Å². The summed E-state index contributed by atoms with van der Waals surface area (Å²) in [5.41, 5.74) is 0. The second-order valence-corrected chi connectivity index (χ2v) is 5.04. The summed E-state index contributed by atoms with van der Waals surface area (Å²) in [6.07, 6.45) is 6.58. The lowest BCUT2D eigenvalue weighted by Gasteiger charge is -2.26. The molecule has 1 N–H and O–H groups in total. The highest BCUT2D eigenvalue weighted by atomic mass is 16.5. The van der Waals surface area contributed by atoms with Crippen LogP contribution in [-0.2, 0) is 11.3 Å². The molecule has 2 heterocycles. The van der Waals surface area contributed by atoms with Crippen LogP contribution in [0.2, 0.25) is 0 Å². The van der Waals surface area contributed by atoms with E-state index in [0.29, 0.717) is 18.1 Å². The van der Waals surface area contributed by atoms with E-state index in [-0.39, 0.29) is 0 Å². The molecule has 1 aromatic rings. The van der Waals surface area contributed by atoms with Gasteiger partial charge >= 0.3 is 0 Å². The molecule has 0 aromatic carbocycles. The summed E-state index contributed by atoms with van der Waals surface area (Å²) in [7, 11) is 0. The Bertz CT molecular complexity index is 364. The lowest BCUT2D eigenvalue weighted by Crippen LogP contribution is -2.34. The van der Waals surface area contributed by atoms with Gasteiger partial charge in [0, 0.05) is 31.5 Å². The van der Waals surface area contributed by atoms with Gasteiger partial charge in [-0.05, 0) is 26.3 Å². The Hall–Kier alpha value is -0.870. The highest BCUT2D eigenvalue weighted by molar-refractivity contribution is 5.04. The molecule has 3 unspecified atom stereocenters. The van der Waals surface area contributed by atoms with Crippen molar-refractivity contribution in [3.05, 3.63) is 18.2 Å². The first kappa shape index (κ1) is 13.6. The summed E-state index contributed by atoms with van der Waals surface area (Å²) >= 11 is 0. The molecule has 1 fully saturated rings.